The van der Waals surface area contributed by atoms with Crippen molar-refractivity contribution < 1.29 is 9.90 Å². The number of carbonyl (C=O) groups excluding carboxylic acids is 1. The summed E-state index contributed by atoms with van der Waals surface area (Å²) in [7, 11) is 0. The Morgan fingerprint density at radius 1 is 1.15 bits per heavy atom. The van der Waals surface area contributed by atoms with Crippen LogP contribution in [0.3, 0.4) is 0 Å². The van der Waals surface area contributed by atoms with Gasteiger partial charge in [-0.2, -0.15) is 0 Å². The van der Waals surface area contributed by atoms with Crippen molar-refractivity contribution in [1.82, 2.24) is 9.88 Å². The van der Waals surface area contributed by atoms with Crippen molar-refractivity contribution in [2.24, 2.45) is 0 Å². The molecule has 4 nitrogen and oxygen atoms in total. The minimum absolute atomic E-state index is 0.167. The molecule has 1 aliphatic heterocycles. The van der Waals surface area contributed by atoms with Crippen LogP contribution in [0.5, 0.6) is 0 Å². The number of aliphatic hydroxyl groups is 1. The average Bonchev–Trinajstić information content (AvgIpc) is 3.00. The lowest BCUT2D eigenvalue weighted by Gasteiger charge is -2.30. The number of pyridine rings is 1. The van der Waals surface area contributed by atoms with Gasteiger partial charge < -0.3 is 10.0 Å². The smallest absolute Gasteiger partial charge is 0.255 e. The van der Waals surface area contributed by atoms with Gasteiger partial charge in [-0.1, -0.05) is 31.4 Å². The minimum Gasteiger partial charge on any atom is -0.394 e. The molecule has 1 aliphatic carbocycles. The molecule has 1 amide bonds. The Balaban J connectivity index is 0.000000481. The Kier molecular flexibility index (Phi) is 6.27. The molecule has 0 bridgehead atoms. The summed E-state index contributed by atoms with van der Waals surface area (Å²) >= 11 is 0. The second kappa shape index (κ2) is 8.66. The highest BCUT2D eigenvalue weighted by Crippen LogP contribution is 2.35. The Bertz CT molecular complexity index is 778. The number of hydrogen-bond donors (Lipinski definition) is 1. The first-order valence-electron chi connectivity index (χ1n) is 10.0. The Labute approximate surface area is 162 Å². The summed E-state index contributed by atoms with van der Waals surface area (Å²) < 4.78 is 0. The first kappa shape index (κ1) is 19.6. The summed E-state index contributed by atoms with van der Waals surface area (Å²) in [4.78, 5) is 19.2. The second-order valence-corrected chi connectivity index (χ2v) is 7.89. The first-order valence-corrected chi connectivity index (χ1v) is 10.0. The molecule has 1 aromatic heterocycles. The van der Waals surface area contributed by atoms with Gasteiger partial charge in [0.1, 0.15) is 0 Å². The van der Waals surface area contributed by atoms with Gasteiger partial charge in [0.15, 0.2) is 0 Å². The maximum Gasteiger partial charge on any atom is 0.255 e. The van der Waals surface area contributed by atoms with Gasteiger partial charge in [0.2, 0.25) is 0 Å². The van der Waals surface area contributed by atoms with E-state index < -0.39 is 0 Å². The molecular weight excluding hydrogens is 336 g/mol. The highest BCUT2D eigenvalue weighted by atomic mass is 16.3. The molecule has 4 heteroatoms. The number of aliphatic hydroxyl groups excluding tert-OH is 1. The fraction of sp³-hybridized carbons (Fsp3) is 0.478. The second-order valence-electron chi connectivity index (χ2n) is 7.89. The summed E-state index contributed by atoms with van der Waals surface area (Å²) in [5.74, 6) is 0.238. The van der Waals surface area contributed by atoms with Crippen LogP contribution < -0.4 is 0 Å². The summed E-state index contributed by atoms with van der Waals surface area (Å²) in [5, 5.41) is 8.06. The molecule has 0 spiro atoms. The van der Waals surface area contributed by atoms with E-state index in [1.165, 1.54) is 24.8 Å². The quantitative estimate of drug-likeness (QED) is 0.836. The van der Waals surface area contributed by atoms with Gasteiger partial charge in [-0.3, -0.25) is 9.78 Å². The number of amides is 1. The van der Waals surface area contributed by atoms with Gasteiger partial charge in [0.25, 0.3) is 5.91 Å². The van der Waals surface area contributed by atoms with E-state index in [2.05, 4.69) is 35.0 Å². The largest absolute Gasteiger partial charge is 0.394 e. The van der Waals surface area contributed by atoms with Crippen LogP contribution in [0.4, 0.5) is 0 Å². The lowest BCUT2D eigenvalue weighted by atomic mass is 9.94. The van der Waals surface area contributed by atoms with Crippen LogP contribution in [0.2, 0.25) is 0 Å². The van der Waals surface area contributed by atoms with E-state index >= 15 is 0 Å². The van der Waals surface area contributed by atoms with Crippen molar-refractivity contribution >= 4 is 5.91 Å². The van der Waals surface area contributed by atoms with E-state index in [1.54, 1.807) is 20.0 Å². The molecule has 27 heavy (non-hydrogen) atoms. The van der Waals surface area contributed by atoms with Crippen molar-refractivity contribution in [2.75, 3.05) is 0 Å². The van der Waals surface area contributed by atoms with E-state index in [0.29, 0.717) is 6.04 Å². The maximum atomic E-state index is 12.9. The topological polar surface area (TPSA) is 53.4 Å². The van der Waals surface area contributed by atoms with Crippen molar-refractivity contribution in [3.05, 3.63) is 53.3 Å². The van der Waals surface area contributed by atoms with Gasteiger partial charge in [-0.05, 0) is 62.4 Å². The molecule has 0 saturated heterocycles. The molecule has 4 rings (SSSR count). The molecular formula is C23H30N2O2. The van der Waals surface area contributed by atoms with Crippen molar-refractivity contribution in [1.29, 1.82) is 0 Å². The molecule has 1 aromatic carbocycles. The number of benzene rings is 1. The third kappa shape index (κ3) is 4.56. The third-order valence-electron chi connectivity index (χ3n) is 5.24. The zero-order valence-corrected chi connectivity index (χ0v) is 16.6. The monoisotopic (exact) mass is 366 g/mol. The van der Waals surface area contributed by atoms with Crippen LogP contribution in [0.25, 0.3) is 11.1 Å². The predicted octanol–water partition coefficient (Wildman–Crippen LogP) is 4.73. The fourth-order valence-corrected chi connectivity index (χ4v) is 4.08. The lowest BCUT2D eigenvalue weighted by molar-refractivity contribution is 0.0659. The number of aromatic nitrogens is 1. The number of fused-ring (bicyclic) bond motifs is 1. The van der Waals surface area contributed by atoms with Crippen LogP contribution in [-0.4, -0.2) is 33.0 Å². The minimum atomic E-state index is -0.167. The van der Waals surface area contributed by atoms with Crippen molar-refractivity contribution in [3.8, 4) is 11.1 Å². The maximum absolute atomic E-state index is 12.9. The number of rotatable bonds is 2. The third-order valence-corrected chi connectivity index (χ3v) is 5.24. The highest BCUT2D eigenvalue weighted by molar-refractivity contribution is 6.00. The molecule has 144 valence electrons. The number of hydrogen-bond acceptors (Lipinski definition) is 3. The van der Waals surface area contributed by atoms with E-state index in [9.17, 15) is 4.79 Å². The summed E-state index contributed by atoms with van der Waals surface area (Å²) in [6.45, 7) is 6.27. The first-order chi connectivity index (χ1) is 13.0. The molecule has 2 aromatic rings. The lowest BCUT2D eigenvalue weighted by Crippen LogP contribution is -2.36. The Morgan fingerprint density at radius 3 is 2.48 bits per heavy atom. The average molecular weight is 367 g/mol. The van der Waals surface area contributed by atoms with E-state index in [4.69, 9.17) is 5.11 Å². The van der Waals surface area contributed by atoms with Gasteiger partial charge in [0, 0.05) is 42.2 Å². The van der Waals surface area contributed by atoms with Gasteiger partial charge in [-0.15, -0.1) is 0 Å². The standard InChI is InChI=1S/C20H22N2O.C3H8O/c1-14-10-16(15-6-5-9-21-12-15)11-17-13-22(20(23)19(14)17)18-7-3-2-4-8-18;1-3(2)4/h5-6,9-12,18H,2-4,7-8,13H2,1H3;3-4H,1-2H3. The molecule has 0 atom stereocenters. The Hall–Kier alpha value is -2.20. The van der Waals surface area contributed by atoms with Crippen LogP contribution in [0.15, 0.2) is 36.7 Å². The molecule has 2 aliphatic rings. The van der Waals surface area contributed by atoms with Gasteiger partial charge in [0.05, 0.1) is 0 Å². The van der Waals surface area contributed by atoms with Crippen LogP contribution in [-0.2, 0) is 6.54 Å². The van der Waals surface area contributed by atoms with Gasteiger partial charge in [-0.25, -0.2) is 0 Å². The number of carbonyl (C=O) groups is 1. The predicted molar refractivity (Wildman–Crippen MR) is 109 cm³/mol. The zero-order valence-electron chi connectivity index (χ0n) is 16.6. The normalized spacial score (nSPS) is 16.9. The molecule has 1 N–H and O–H groups in total. The van der Waals surface area contributed by atoms with Crippen molar-refractivity contribution in [3.63, 3.8) is 0 Å². The number of aryl methyl sites for hydroxylation is 1. The molecule has 0 unspecified atom stereocenters. The van der Waals surface area contributed by atoms with Crippen LogP contribution in [0, 0.1) is 6.92 Å². The van der Waals surface area contributed by atoms with Crippen molar-refractivity contribution in [2.45, 2.75) is 71.6 Å². The summed E-state index contributed by atoms with van der Waals surface area (Å²) in [6.07, 6.45) is 9.66. The molecule has 1 fully saturated rings. The Morgan fingerprint density at radius 2 is 1.85 bits per heavy atom. The van der Waals surface area contributed by atoms with Gasteiger partial charge >= 0.3 is 0 Å². The van der Waals surface area contributed by atoms with E-state index in [0.717, 1.165) is 41.6 Å². The van der Waals surface area contributed by atoms with E-state index in [1.807, 2.05) is 12.3 Å². The van der Waals surface area contributed by atoms with Crippen LogP contribution in [0.1, 0.15) is 67.4 Å². The number of nitrogens with zero attached hydrogens (tertiary/aromatic N) is 2. The van der Waals surface area contributed by atoms with Crippen LogP contribution >= 0.6 is 0 Å². The summed E-state index contributed by atoms with van der Waals surface area (Å²) in [5.41, 5.74) is 5.47. The molecule has 0 radical (unpaired) electrons. The fourth-order valence-electron chi connectivity index (χ4n) is 4.08. The summed E-state index contributed by atoms with van der Waals surface area (Å²) in [6, 6.07) is 8.77. The molecule has 1 saturated carbocycles. The highest BCUT2D eigenvalue weighted by Gasteiger charge is 2.34. The zero-order chi connectivity index (χ0) is 19.4. The molecule has 2 heterocycles. The van der Waals surface area contributed by atoms with E-state index in [-0.39, 0.29) is 12.0 Å². The SMILES string of the molecule is CC(C)O.Cc1cc(-c2cccnc2)cc2c1C(=O)N(C1CCCCC1)C2.